The number of hydrogen-bond acceptors (Lipinski definition) is 5. The second-order valence-electron chi connectivity index (χ2n) is 5.31. The van der Waals surface area contributed by atoms with Crippen LogP contribution in [0.1, 0.15) is 12.5 Å². The van der Waals surface area contributed by atoms with Crippen LogP contribution in [-0.2, 0) is 21.1 Å². The van der Waals surface area contributed by atoms with Crippen LogP contribution in [0.5, 0.6) is 11.5 Å². The molecular formula is C18H21NO5S. The fourth-order valence-corrected chi connectivity index (χ4v) is 3.42. The minimum atomic E-state index is -3.42. The molecule has 0 aliphatic heterocycles. The van der Waals surface area contributed by atoms with Crippen molar-refractivity contribution >= 4 is 21.4 Å². The van der Waals surface area contributed by atoms with Crippen LogP contribution >= 0.6 is 0 Å². The van der Waals surface area contributed by atoms with Crippen LogP contribution in [0.3, 0.4) is 0 Å². The van der Waals surface area contributed by atoms with Crippen molar-refractivity contribution in [3.63, 3.8) is 0 Å². The van der Waals surface area contributed by atoms with Crippen molar-refractivity contribution in [2.75, 3.05) is 25.3 Å². The summed E-state index contributed by atoms with van der Waals surface area (Å²) < 4.78 is 34.7. The highest BCUT2D eigenvalue weighted by Crippen LogP contribution is 2.28. The van der Waals surface area contributed by atoms with Gasteiger partial charge in [0.25, 0.3) is 0 Å². The number of amides is 1. The van der Waals surface area contributed by atoms with E-state index < -0.39 is 9.84 Å². The third-order valence-electron chi connectivity index (χ3n) is 3.69. The zero-order valence-corrected chi connectivity index (χ0v) is 15.2. The predicted octanol–water partition coefficient (Wildman–Crippen LogP) is 2.68. The molecule has 134 valence electrons. The Hall–Kier alpha value is -2.54. The predicted molar refractivity (Wildman–Crippen MR) is 96.0 cm³/mol. The number of ether oxygens (including phenoxy) is 2. The lowest BCUT2D eigenvalue weighted by Gasteiger charge is -2.12. The molecule has 0 fully saturated rings. The van der Waals surface area contributed by atoms with Crippen molar-refractivity contribution in [3.05, 3.63) is 48.0 Å². The van der Waals surface area contributed by atoms with E-state index >= 15 is 0 Å². The van der Waals surface area contributed by atoms with Gasteiger partial charge in [0, 0.05) is 0 Å². The molecule has 2 rings (SSSR count). The lowest BCUT2D eigenvalue weighted by atomic mass is 10.1. The van der Waals surface area contributed by atoms with Crippen molar-refractivity contribution in [1.82, 2.24) is 0 Å². The van der Waals surface area contributed by atoms with Gasteiger partial charge in [-0.2, -0.15) is 0 Å². The van der Waals surface area contributed by atoms with E-state index in [1.54, 1.807) is 43.3 Å². The first-order valence-electron chi connectivity index (χ1n) is 7.73. The minimum Gasteiger partial charge on any atom is -0.493 e. The number of methoxy groups -OCH3 is 2. The number of carbonyl (C=O) groups is 1. The van der Waals surface area contributed by atoms with Gasteiger partial charge in [-0.25, -0.2) is 8.42 Å². The number of anilines is 1. The van der Waals surface area contributed by atoms with Crippen molar-refractivity contribution in [2.45, 2.75) is 18.2 Å². The second-order valence-corrected chi connectivity index (χ2v) is 7.56. The summed E-state index contributed by atoms with van der Waals surface area (Å²) in [5.74, 6) is 0.758. The first kappa shape index (κ1) is 18.8. The van der Waals surface area contributed by atoms with E-state index in [-0.39, 0.29) is 28.7 Å². The Labute approximate surface area is 147 Å². The molecule has 0 bridgehead atoms. The summed E-state index contributed by atoms with van der Waals surface area (Å²) in [6.45, 7) is 1.57. The highest BCUT2D eigenvalue weighted by molar-refractivity contribution is 7.91. The summed E-state index contributed by atoms with van der Waals surface area (Å²) in [6.07, 6.45) is 0.0842. The normalized spacial score (nSPS) is 11.0. The van der Waals surface area contributed by atoms with Crippen molar-refractivity contribution in [2.24, 2.45) is 0 Å². The molecule has 0 spiro atoms. The summed E-state index contributed by atoms with van der Waals surface area (Å²) in [6, 6.07) is 11.6. The minimum absolute atomic E-state index is 0.0322. The van der Waals surface area contributed by atoms with E-state index in [1.165, 1.54) is 20.3 Å². The maximum atomic E-state index is 12.3. The largest absolute Gasteiger partial charge is 0.493 e. The van der Waals surface area contributed by atoms with Crippen LogP contribution in [0.2, 0.25) is 0 Å². The van der Waals surface area contributed by atoms with Crippen LogP contribution in [0.15, 0.2) is 47.4 Å². The van der Waals surface area contributed by atoms with Gasteiger partial charge in [0.05, 0.1) is 37.0 Å². The Morgan fingerprint density at radius 2 is 1.72 bits per heavy atom. The van der Waals surface area contributed by atoms with Crippen molar-refractivity contribution < 1.29 is 22.7 Å². The fourth-order valence-electron chi connectivity index (χ4n) is 2.37. The van der Waals surface area contributed by atoms with Gasteiger partial charge in [-0.1, -0.05) is 25.1 Å². The van der Waals surface area contributed by atoms with Gasteiger partial charge in [-0.3, -0.25) is 4.79 Å². The van der Waals surface area contributed by atoms with Gasteiger partial charge in [0.2, 0.25) is 5.91 Å². The zero-order chi connectivity index (χ0) is 18.4. The molecule has 6 nitrogen and oxygen atoms in total. The molecule has 0 aliphatic rings. The van der Waals surface area contributed by atoms with Gasteiger partial charge in [-0.05, 0) is 29.8 Å². The van der Waals surface area contributed by atoms with Crippen molar-refractivity contribution in [3.8, 4) is 11.5 Å². The van der Waals surface area contributed by atoms with E-state index in [9.17, 15) is 13.2 Å². The number of carbonyl (C=O) groups excluding carboxylic acids is 1. The van der Waals surface area contributed by atoms with Crippen LogP contribution in [0.4, 0.5) is 5.69 Å². The van der Waals surface area contributed by atoms with E-state index in [1.807, 2.05) is 0 Å². The maximum Gasteiger partial charge on any atom is 0.228 e. The summed E-state index contributed by atoms with van der Waals surface area (Å²) in [5, 5.41) is 2.68. The first-order chi connectivity index (χ1) is 11.9. The molecule has 0 aliphatic carbocycles. The Morgan fingerprint density at radius 3 is 2.36 bits per heavy atom. The second kappa shape index (κ2) is 8.02. The molecule has 0 radical (unpaired) electrons. The molecule has 0 unspecified atom stereocenters. The number of sulfone groups is 1. The number of rotatable bonds is 7. The SMILES string of the molecule is CCS(=O)(=O)c1ccccc1NC(=O)Cc1ccc(OC)c(OC)c1. The van der Waals surface area contributed by atoms with E-state index in [0.717, 1.165) is 5.56 Å². The molecule has 2 aromatic rings. The maximum absolute atomic E-state index is 12.3. The Kier molecular flexibility index (Phi) is 6.03. The molecule has 0 atom stereocenters. The smallest absolute Gasteiger partial charge is 0.228 e. The highest BCUT2D eigenvalue weighted by Gasteiger charge is 2.17. The Morgan fingerprint density at radius 1 is 1.04 bits per heavy atom. The standard InChI is InChI=1S/C18H21NO5S/c1-4-25(21,22)17-8-6-5-7-14(17)19-18(20)12-13-9-10-15(23-2)16(11-13)24-3/h5-11H,4,12H2,1-3H3,(H,19,20). The molecule has 25 heavy (non-hydrogen) atoms. The lowest BCUT2D eigenvalue weighted by Crippen LogP contribution is -2.17. The molecule has 0 saturated heterocycles. The van der Waals surface area contributed by atoms with Gasteiger partial charge in [0.15, 0.2) is 21.3 Å². The van der Waals surface area contributed by atoms with E-state index in [0.29, 0.717) is 11.5 Å². The van der Waals surface area contributed by atoms with E-state index in [4.69, 9.17) is 9.47 Å². The average Bonchev–Trinajstić information content (AvgIpc) is 2.61. The third-order valence-corrected chi connectivity index (χ3v) is 5.48. The Balaban J connectivity index is 2.19. The van der Waals surface area contributed by atoms with Gasteiger partial charge in [-0.15, -0.1) is 0 Å². The number of para-hydroxylation sites is 1. The fraction of sp³-hybridized carbons (Fsp3) is 0.278. The van der Waals surface area contributed by atoms with Gasteiger partial charge in [0.1, 0.15) is 0 Å². The molecule has 1 amide bonds. The van der Waals surface area contributed by atoms with Crippen LogP contribution in [-0.4, -0.2) is 34.3 Å². The summed E-state index contributed by atoms with van der Waals surface area (Å²) >= 11 is 0. The summed E-state index contributed by atoms with van der Waals surface area (Å²) in [5.41, 5.74) is 1.01. The summed E-state index contributed by atoms with van der Waals surface area (Å²) in [4.78, 5) is 12.4. The third kappa shape index (κ3) is 4.51. The molecule has 7 heteroatoms. The lowest BCUT2D eigenvalue weighted by molar-refractivity contribution is -0.115. The molecule has 0 aromatic heterocycles. The molecule has 2 aromatic carbocycles. The Bertz CT molecular complexity index is 862. The molecule has 0 heterocycles. The first-order valence-corrected chi connectivity index (χ1v) is 9.39. The number of nitrogens with one attached hydrogen (secondary N) is 1. The average molecular weight is 363 g/mol. The highest BCUT2D eigenvalue weighted by atomic mass is 32.2. The van der Waals surface area contributed by atoms with E-state index in [2.05, 4.69) is 5.32 Å². The molecular weight excluding hydrogens is 342 g/mol. The molecule has 0 saturated carbocycles. The molecule has 1 N–H and O–H groups in total. The number of benzene rings is 2. The van der Waals surface area contributed by atoms with Crippen LogP contribution in [0, 0.1) is 0 Å². The monoisotopic (exact) mass is 363 g/mol. The zero-order valence-electron chi connectivity index (χ0n) is 14.4. The quantitative estimate of drug-likeness (QED) is 0.818. The van der Waals surface area contributed by atoms with Crippen LogP contribution in [0.25, 0.3) is 0 Å². The van der Waals surface area contributed by atoms with Gasteiger partial charge < -0.3 is 14.8 Å². The van der Waals surface area contributed by atoms with Gasteiger partial charge >= 0.3 is 0 Å². The number of hydrogen-bond donors (Lipinski definition) is 1. The van der Waals surface area contributed by atoms with Crippen LogP contribution < -0.4 is 14.8 Å². The topological polar surface area (TPSA) is 81.7 Å². The summed E-state index contributed by atoms with van der Waals surface area (Å²) in [7, 11) is -0.360. The van der Waals surface area contributed by atoms with Crippen molar-refractivity contribution in [1.29, 1.82) is 0 Å².